The fourth-order valence-corrected chi connectivity index (χ4v) is 6.11. The standard InChI is InChI=1S/C39H59N9O11.C6H15N/c1-20(2)17-26(37(56)48-33(22(5)6)38(57)47-32(21(3)4)34(41)53)46-36(55)25(13-14-28(40)49)44-30(51)16-15-29(50)43-23(7)35(54)42-19-31(52)45-27(39(58)59)18-24-11-9-8-10-12-24;1-4-7(5-2)6-3/h8-12,15-16,20-23,25-27,32-33H,13-14,17-19H2,1-7H3,(H2,40,49)(H2,41,53)(H,42,54)(H,43,50)(H,44,51)(H,45,52)(H,46,55)(H,47,57)(H,48,56)(H,58,59);4-6H2,1-3H3/b16-15+;/t23-,25-,26-,27-,32-,33-;/m0./s1. The van der Waals surface area contributed by atoms with E-state index in [1.807, 2.05) is 0 Å². The van der Waals surface area contributed by atoms with Gasteiger partial charge in [-0.3, -0.25) is 43.2 Å². The molecule has 66 heavy (non-hydrogen) atoms. The first-order valence-electron chi connectivity index (χ1n) is 22.2. The molecule has 0 aliphatic carbocycles. The summed E-state index contributed by atoms with van der Waals surface area (Å²) in [5.41, 5.74) is 11.4. The fraction of sp³-hybridized carbons (Fsp3) is 0.600. The van der Waals surface area contributed by atoms with E-state index in [0.717, 1.165) is 12.2 Å². The minimum atomic E-state index is -1.42. The lowest BCUT2D eigenvalue weighted by atomic mass is 9.98. The smallest absolute Gasteiger partial charge is 0.326 e. The van der Waals surface area contributed by atoms with Crippen molar-refractivity contribution in [3.8, 4) is 0 Å². The number of carbonyl (C=O) groups is 10. The Kier molecular flexibility index (Phi) is 28.4. The number of carboxylic acid groups (broad SMARTS) is 1. The highest BCUT2D eigenvalue weighted by Crippen LogP contribution is 2.11. The van der Waals surface area contributed by atoms with E-state index in [1.165, 1.54) is 26.6 Å². The topological polar surface area (TPSA) is 330 Å². The number of rotatable bonds is 28. The number of benzene rings is 1. The van der Waals surface area contributed by atoms with Crippen molar-refractivity contribution in [1.82, 2.24) is 42.1 Å². The second-order valence-electron chi connectivity index (χ2n) is 16.7. The molecule has 6 atom stereocenters. The predicted molar refractivity (Wildman–Crippen MR) is 247 cm³/mol. The molecule has 12 N–H and O–H groups in total. The molecule has 0 aliphatic rings. The van der Waals surface area contributed by atoms with Gasteiger partial charge in [0.1, 0.15) is 36.3 Å². The van der Waals surface area contributed by atoms with Crippen LogP contribution in [0.25, 0.3) is 0 Å². The Morgan fingerprint density at radius 2 is 1.14 bits per heavy atom. The Labute approximate surface area is 388 Å². The average molecular weight is 931 g/mol. The van der Waals surface area contributed by atoms with Crippen LogP contribution in [0.5, 0.6) is 0 Å². The molecule has 0 unspecified atom stereocenters. The monoisotopic (exact) mass is 931 g/mol. The number of primary amides is 2. The van der Waals surface area contributed by atoms with Crippen molar-refractivity contribution < 1.29 is 53.1 Å². The van der Waals surface area contributed by atoms with Crippen molar-refractivity contribution in [3.63, 3.8) is 0 Å². The first kappa shape index (κ1) is 59.6. The van der Waals surface area contributed by atoms with Gasteiger partial charge in [-0.05, 0) is 62.7 Å². The normalized spacial score (nSPS) is 13.8. The highest BCUT2D eigenvalue weighted by Gasteiger charge is 2.33. The largest absolute Gasteiger partial charge is 0.480 e. The summed E-state index contributed by atoms with van der Waals surface area (Å²) < 4.78 is 0. The van der Waals surface area contributed by atoms with E-state index in [0.29, 0.717) is 5.56 Å². The van der Waals surface area contributed by atoms with E-state index in [4.69, 9.17) is 11.5 Å². The van der Waals surface area contributed by atoms with Gasteiger partial charge in [-0.1, -0.05) is 92.6 Å². The van der Waals surface area contributed by atoms with Gasteiger partial charge in [0.25, 0.3) is 0 Å². The number of carbonyl (C=O) groups excluding carboxylic acids is 9. The summed E-state index contributed by atoms with van der Waals surface area (Å²) in [6, 6.07) is 1.39. The zero-order valence-electron chi connectivity index (χ0n) is 40.0. The molecule has 0 spiro atoms. The van der Waals surface area contributed by atoms with E-state index in [-0.39, 0.29) is 37.5 Å². The van der Waals surface area contributed by atoms with E-state index in [1.54, 1.807) is 71.9 Å². The third-order valence-corrected chi connectivity index (χ3v) is 9.99. The molecule has 0 fully saturated rings. The summed E-state index contributed by atoms with van der Waals surface area (Å²) in [6.45, 7) is 21.1. The predicted octanol–water partition coefficient (Wildman–Crippen LogP) is -0.628. The molecule has 0 heterocycles. The average Bonchev–Trinajstić information content (AvgIpc) is 3.24. The molecule has 1 rings (SSSR count). The third-order valence-electron chi connectivity index (χ3n) is 9.99. The second kappa shape index (κ2) is 31.5. The summed E-state index contributed by atoms with van der Waals surface area (Å²) in [5, 5.41) is 26.5. The number of amides is 9. The van der Waals surface area contributed by atoms with E-state index >= 15 is 0 Å². The Hall–Kier alpha value is -6.38. The van der Waals surface area contributed by atoms with Crippen molar-refractivity contribution in [2.24, 2.45) is 29.2 Å². The molecule has 1 aromatic carbocycles. The SMILES string of the molecule is CC(C)C[C@H](NC(=O)[C@H](CCC(N)=O)NC(=O)/C=C/C(=O)N[C@@H](C)C(=O)NCC(=O)N[C@@H](Cc1ccccc1)C(=O)O)C(=O)N[C@H](C(=O)N[C@H](C(N)=O)C(C)C)C(C)C.CCN(CC)CC. The van der Waals surface area contributed by atoms with Gasteiger partial charge in [0.15, 0.2) is 0 Å². The highest BCUT2D eigenvalue weighted by atomic mass is 16.4. The van der Waals surface area contributed by atoms with Crippen LogP contribution in [0.3, 0.4) is 0 Å². The maximum absolute atomic E-state index is 13.5. The highest BCUT2D eigenvalue weighted by molar-refractivity contribution is 6.01. The summed E-state index contributed by atoms with van der Waals surface area (Å²) in [7, 11) is 0. The molecule has 9 amide bonds. The lowest BCUT2D eigenvalue weighted by Crippen LogP contribution is -2.60. The molecule has 370 valence electrons. The summed E-state index contributed by atoms with van der Waals surface area (Å²) >= 11 is 0. The molecule has 0 bridgehead atoms. The van der Waals surface area contributed by atoms with Crippen LogP contribution in [0.2, 0.25) is 0 Å². The number of carboxylic acids is 1. The fourth-order valence-electron chi connectivity index (χ4n) is 6.11. The third kappa shape index (κ3) is 24.6. The number of nitrogens with two attached hydrogens (primary N) is 2. The van der Waals surface area contributed by atoms with Crippen molar-refractivity contribution in [2.45, 2.75) is 131 Å². The molecule has 0 radical (unpaired) electrons. The molecule has 0 saturated heterocycles. The zero-order valence-corrected chi connectivity index (χ0v) is 40.0. The van der Waals surface area contributed by atoms with Crippen LogP contribution in [0.4, 0.5) is 0 Å². The quantitative estimate of drug-likeness (QED) is 0.0470. The van der Waals surface area contributed by atoms with Gasteiger partial charge < -0.3 is 58.7 Å². The minimum absolute atomic E-state index is 0.00949. The van der Waals surface area contributed by atoms with Gasteiger partial charge in [-0.15, -0.1) is 0 Å². The van der Waals surface area contributed by atoms with E-state index < -0.39 is 108 Å². The van der Waals surface area contributed by atoms with Gasteiger partial charge in [0.05, 0.1) is 6.54 Å². The molecule has 0 saturated carbocycles. The molecule has 0 aliphatic heterocycles. The van der Waals surface area contributed by atoms with E-state index in [2.05, 4.69) is 62.9 Å². The summed E-state index contributed by atoms with van der Waals surface area (Å²) in [4.78, 5) is 128. The Morgan fingerprint density at radius 1 is 0.621 bits per heavy atom. The van der Waals surface area contributed by atoms with Gasteiger partial charge in [-0.2, -0.15) is 0 Å². The maximum atomic E-state index is 13.5. The van der Waals surface area contributed by atoms with Crippen LogP contribution in [0.1, 0.15) is 94.1 Å². The number of nitrogens with zero attached hydrogens (tertiary/aromatic N) is 1. The molecule has 21 heteroatoms. The molecular weight excluding hydrogens is 857 g/mol. The van der Waals surface area contributed by atoms with Crippen LogP contribution >= 0.6 is 0 Å². The number of nitrogens with one attached hydrogen (secondary N) is 7. The first-order valence-corrected chi connectivity index (χ1v) is 22.2. The van der Waals surface area contributed by atoms with E-state index in [9.17, 15) is 53.1 Å². The van der Waals surface area contributed by atoms with Crippen molar-refractivity contribution in [2.75, 3.05) is 26.2 Å². The van der Waals surface area contributed by atoms with Gasteiger partial charge in [0, 0.05) is 25.0 Å². The van der Waals surface area contributed by atoms with Crippen LogP contribution in [0.15, 0.2) is 42.5 Å². The Bertz CT molecular complexity index is 1800. The number of hydrogen-bond acceptors (Lipinski definition) is 11. The van der Waals surface area contributed by atoms with Gasteiger partial charge in [0.2, 0.25) is 53.2 Å². The molecule has 21 nitrogen and oxygen atoms in total. The molecular formula is C45H74N10O11. The van der Waals surface area contributed by atoms with Crippen molar-refractivity contribution >= 4 is 59.1 Å². The van der Waals surface area contributed by atoms with Gasteiger partial charge >= 0.3 is 5.97 Å². The Morgan fingerprint density at radius 3 is 1.59 bits per heavy atom. The minimum Gasteiger partial charge on any atom is -0.480 e. The van der Waals surface area contributed by atoms with Crippen LogP contribution < -0.4 is 48.7 Å². The van der Waals surface area contributed by atoms with Crippen molar-refractivity contribution in [3.05, 3.63) is 48.0 Å². The lowest BCUT2D eigenvalue weighted by Gasteiger charge is -2.29. The van der Waals surface area contributed by atoms with Crippen LogP contribution in [-0.2, 0) is 54.4 Å². The van der Waals surface area contributed by atoms with Crippen LogP contribution in [-0.4, -0.2) is 132 Å². The van der Waals surface area contributed by atoms with Gasteiger partial charge in [-0.25, -0.2) is 4.79 Å². The number of aliphatic carboxylic acids is 1. The maximum Gasteiger partial charge on any atom is 0.326 e. The second-order valence-corrected chi connectivity index (χ2v) is 16.7. The van der Waals surface area contributed by atoms with Crippen molar-refractivity contribution in [1.29, 1.82) is 0 Å². The zero-order chi connectivity index (χ0) is 50.7. The Balaban J connectivity index is 0.00000554. The molecule has 0 aromatic heterocycles. The lowest BCUT2D eigenvalue weighted by molar-refractivity contribution is -0.141. The first-order chi connectivity index (χ1) is 30.9. The van der Waals surface area contributed by atoms with Crippen LogP contribution in [0, 0.1) is 17.8 Å². The summed E-state index contributed by atoms with van der Waals surface area (Å²) in [6.07, 6.45) is 1.01. The number of hydrogen-bond donors (Lipinski definition) is 10. The summed E-state index contributed by atoms with van der Waals surface area (Å²) in [5.74, 6) is -9.46. The molecule has 1 aromatic rings.